The Morgan fingerprint density at radius 1 is 1.32 bits per heavy atom. The van der Waals surface area contributed by atoms with Crippen LogP contribution in [0.1, 0.15) is 37.1 Å². The summed E-state index contributed by atoms with van der Waals surface area (Å²) in [6.45, 7) is 5.30. The van der Waals surface area contributed by atoms with E-state index in [-0.39, 0.29) is 6.42 Å². The van der Waals surface area contributed by atoms with Crippen LogP contribution in [-0.4, -0.2) is 29.3 Å². The van der Waals surface area contributed by atoms with Crippen LogP contribution in [0, 0.1) is 13.8 Å². The molecular weight excluding hydrogens is 325 g/mol. The number of aromatic nitrogens is 1. The van der Waals surface area contributed by atoms with Gasteiger partial charge in [0.25, 0.3) is 0 Å². The van der Waals surface area contributed by atoms with Crippen molar-refractivity contribution in [1.82, 2.24) is 4.98 Å². The number of pyridine rings is 1. The Bertz CT molecular complexity index is 545. The van der Waals surface area contributed by atoms with Gasteiger partial charge in [-0.05, 0) is 45.2 Å². The first kappa shape index (κ1) is 19.0. The molecule has 0 radical (unpaired) electrons. The molecular formula is C14H22NO5PS. The first-order valence-corrected chi connectivity index (χ1v) is 9.64. The van der Waals surface area contributed by atoms with Crippen molar-refractivity contribution in [2.45, 2.75) is 40.5 Å². The number of rotatable bonds is 9. The topological polar surface area (TPSA) is 77.9 Å². The molecule has 0 aliphatic heterocycles. The number of hydrogen-bond donors (Lipinski definition) is 1. The molecule has 1 heterocycles. The molecule has 8 heteroatoms. The van der Waals surface area contributed by atoms with Gasteiger partial charge < -0.3 is 9.63 Å². The molecule has 1 aromatic rings. The molecule has 0 spiro atoms. The first-order chi connectivity index (χ1) is 10.3. The van der Waals surface area contributed by atoms with Gasteiger partial charge >= 0.3 is 12.7 Å². The summed E-state index contributed by atoms with van der Waals surface area (Å²) in [5.74, 6) is -0.485. The highest BCUT2D eigenvalue weighted by Gasteiger charge is 2.22. The standard InChI is InChI=1S/C14H22NO5PS/c1-5-18-21(22,19-6-2)20-13-9-10(3)12(11(4)15-13)7-8-14(16)17/h9H,5-8H2,1-4H3,(H,16,17). The molecule has 0 bridgehead atoms. The van der Waals surface area contributed by atoms with Crippen molar-refractivity contribution in [2.24, 2.45) is 0 Å². The number of nitrogens with zero attached hydrogens (tertiary/aromatic N) is 1. The Labute approximate surface area is 136 Å². The van der Waals surface area contributed by atoms with Crippen LogP contribution in [-0.2, 0) is 32.1 Å². The van der Waals surface area contributed by atoms with E-state index in [9.17, 15) is 4.79 Å². The summed E-state index contributed by atoms with van der Waals surface area (Å²) in [6, 6.07) is 1.74. The summed E-state index contributed by atoms with van der Waals surface area (Å²) >= 11 is 5.31. The van der Waals surface area contributed by atoms with E-state index in [4.69, 9.17) is 30.5 Å². The molecule has 0 amide bonds. The van der Waals surface area contributed by atoms with E-state index in [1.54, 1.807) is 6.07 Å². The van der Waals surface area contributed by atoms with Crippen molar-refractivity contribution in [3.05, 3.63) is 22.9 Å². The number of aliphatic carboxylic acids is 1. The average molecular weight is 347 g/mol. The van der Waals surface area contributed by atoms with Crippen LogP contribution in [0.5, 0.6) is 5.88 Å². The number of hydrogen-bond acceptors (Lipinski definition) is 6. The van der Waals surface area contributed by atoms with Crippen molar-refractivity contribution < 1.29 is 23.5 Å². The van der Waals surface area contributed by atoms with Crippen molar-refractivity contribution in [3.63, 3.8) is 0 Å². The minimum absolute atomic E-state index is 0.0689. The second-order valence-electron chi connectivity index (χ2n) is 4.61. The minimum atomic E-state index is -2.85. The molecule has 0 saturated carbocycles. The molecule has 0 saturated heterocycles. The van der Waals surface area contributed by atoms with Crippen LogP contribution in [0.2, 0.25) is 0 Å². The van der Waals surface area contributed by atoms with Gasteiger partial charge in [-0.1, -0.05) is 0 Å². The molecule has 0 aromatic carbocycles. The fraction of sp³-hybridized carbons (Fsp3) is 0.571. The molecule has 6 nitrogen and oxygen atoms in total. The lowest BCUT2D eigenvalue weighted by Crippen LogP contribution is -2.06. The molecule has 1 N–H and O–H groups in total. The third kappa shape index (κ3) is 5.65. The number of aryl methyl sites for hydroxylation is 2. The summed E-state index contributed by atoms with van der Waals surface area (Å²) in [7, 11) is 0. The van der Waals surface area contributed by atoms with E-state index < -0.39 is 12.7 Å². The van der Waals surface area contributed by atoms with Crippen molar-refractivity contribution in [2.75, 3.05) is 13.2 Å². The van der Waals surface area contributed by atoms with Crippen LogP contribution < -0.4 is 4.52 Å². The van der Waals surface area contributed by atoms with E-state index in [0.717, 1.165) is 16.8 Å². The first-order valence-electron chi connectivity index (χ1n) is 7.09. The third-order valence-electron chi connectivity index (χ3n) is 2.90. The van der Waals surface area contributed by atoms with Gasteiger partial charge in [0.2, 0.25) is 5.88 Å². The van der Waals surface area contributed by atoms with Gasteiger partial charge in [0.15, 0.2) is 0 Å². The van der Waals surface area contributed by atoms with Crippen LogP contribution in [0.4, 0.5) is 0 Å². The number of carbonyl (C=O) groups is 1. The molecule has 1 rings (SSSR count). The predicted octanol–water partition coefficient (Wildman–Crippen LogP) is 3.39. The smallest absolute Gasteiger partial charge is 0.381 e. The molecule has 1 aromatic heterocycles. The quantitative estimate of drug-likeness (QED) is 0.686. The Hall–Kier alpha value is -1.01. The largest absolute Gasteiger partial charge is 0.481 e. The van der Waals surface area contributed by atoms with Crippen molar-refractivity contribution in [3.8, 4) is 5.88 Å². The SMILES string of the molecule is CCOP(=S)(OCC)Oc1cc(C)c(CCC(=O)O)c(C)n1. The van der Waals surface area contributed by atoms with Crippen LogP contribution in [0.3, 0.4) is 0 Å². The Balaban J connectivity index is 2.98. The predicted molar refractivity (Wildman–Crippen MR) is 87.8 cm³/mol. The zero-order valence-corrected chi connectivity index (χ0v) is 15.0. The highest BCUT2D eigenvalue weighted by molar-refractivity contribution is 8.07. The summed E-state index contributed by atoms with van der Waals surface area (Å²) in [5, 5.41) is 8.79. The van der Waals surface area contributed by atoms with E-state index in [0.29, 0.717) is 25.5 Å². The van der Waals surface area contributed by atoms with Crippen molar-refractivity contribution in [1.29, 1.82) is 0 Å². The number of carboxylic acids is 1. The fourth-order valence-electron chi connectivity index (χ4n) is 2.00. The lowest BCUT2D eigenvalue weighted by molar-refractivity contribution is -0.136. The monoisotopic (exact) mass is 347 g/mol. The lowest BCUT2D eigenvalue weighted by atomic mass is 10.0. The van der Waals surface area contributed by atoms with Gasteiger partial charge in [-0.15, -0.1) is 0 Å². The molecule has 0 atom stereocenters. The summed E-state index contributed by atoms with van der Waals surface area (Å²) in [4.78, 5) is 15.1. The van der Waals surface area contributed by atoms with Crippen molar-refractivity contribution >= 4 is 24.5 Å². The zero-order chi connectivity index (χ0) is 16.8. The molecule has 0 fully saturated rings. The highest BCUT2D eigenvalue weighted by atomic mass is 32.5. The molecule has 0 unspecified atom stereocenters. The van der Waals surface area contributed by atoms with E-state index >= 15 is 0 Å². The van der Waals surface area contributed by atoms with Gasteiger partial charge in [0.1, 0.15) is 0 Å². The van der Waals surface area contributed by atoms with Gasteiger partial charge in [0.05, 0.1) is 13.2 Å². The average Bonchev–Trinajstić information content (AvgIpc) is 2.37. The van der Waals surface area contributed by atoms with Gasteiger partial charge in [0, 0.05) is 30.0 Å². The second kappa shape index (κ2) is 8.58. The van der Waals surface area contributed by atoms with Crippen LogP contribution >= 0.6 is 6.72 Å². The molecule has 0 aliphatic carbocycles. The zero-order valence-electron chi connectivity index (χ0n) is 13.3. The van der Waals surface area contributed by atoms with E-state index in [2.05, 4.69) is 4.98 Å². The number of carboxylic acid groups (broad SMARTS) is 1. The summed E-state index contributed by atoms with van der Waals surface area (Å²) < 4.78 is 16.5. The Morgan fingerprint density at radius 2 is 1.91 bits per heavy atom. The molecule has 124 valence electrons. The van der Waals surface area contributed by atoms with E-state index in [1.165, 1.54) is 0 Å². The summed E-state index contributed by atoms with van der Waals surface area (Å²) in [6.07, 6.45) is 0.505. The normalized spacial score (nSPS) is 11.5. The maximum Gasteiger partial charge on any atom is 0.381 e. The van der Waals surface area contributed by atoms with E-state index in [1.807, 2.05) is 27.7 Å². The van der Waals surface area contributed by atoms with Crippen LogP contribution in [0.25, 0.3) is 0 Å². The lowest BCUT2D eigenvalue weighted by Gasteiger charge is -2.21. The van der Waals surface area contributed by atoms with Crippen LogP contribution in [0.15, 0.2) is 6.07 Å². The maximum atomic E-state index is 10.7. The summed E-state index contributed by atoms with van der Waals surface area (Å²) in [5.41, 5.74) is 2.56. The fourth-order valence-corrected chi connectivity index (χ4v) is 4.00. The molecule has 0 aliphatic rings. The Kier molecular flexibility index (Phi) is 7.42. The van der Waals surface area contributed by atoms with Gasteiger partial charge in [-0.2, -0.15) is 0 Å². The highest BCUT2D eigenvalue weighted by Crippen LogP contribution is 2.49. The maximum absolute atomic E-state index is 10.7. The van der Waals surface area contributed by atoms with Gasteiger partial charge in [-0.3, -0.25) is 13.8 Å². The van der Waals surface area contributed by atoms with Gasteiger partial charge in [-0.25, -0.2) is 4.98 Å². The third-order valence-corrected chi connectivity index (χ3v) is 5.31. The Morgan fingerprint density at radius 3 is 2.36 bits per heavy atom. The second-order valence-corrected chi connectivity index (χ2v) is 7.54. The molecule has 22 heavy (non-hydrogen) atoms. The minimum Gasteiger partial charge on any atom is -0.481 e.